The average Bonchev–Trinajstić information content (AvgIpc) is 3.41. The van der Waals surface area contributed by atoms with Crippen molar-refractivity contribution in [2.24, 2.45) is 17.3 Å². The van der Waals surface area contributed by atoms with Crippen LogP contribution in [-0.4, -0.2) is 47.0 Å². The number of nitrogens with one attached hydrogen (secondary N) is 2. The lowest BCUT2D eigenvalue weighted by molar-refractivity contribution is -0.124. The van der Waals surface area contributed by atoms with Crippen molar-refractivity contribution in [1.82, 2.24) is 10.3 Å². The van der Waals surface area contributed by atoms with E-state index in [1.165, 1.54) is 12.8 Å². The highest BCUT2D eigenvalue weighted by Gasteiger charge is 2.37. The minimum atomic E-state index is -0.356. The monoisotopic (exact) mass is 439 g/mol. The Balaban J connectivity index is 1.90. The Labute approximate surface area is 190 Å². The molecule has 2 heterocycles. The predicted molar refractivity (Wildman–Crippen MR) is 128 cm³/mol. The number of aromatic amines is 1. The SMILES string of the molecule is CC(C)[C@H]1C(=O)N[C@H](CO)Cc2c[nH]c3c(C(=O)CC(C)(C)C)ccc(c23)N1CC1CC1. The van der Waals surface area contributed by atoms with Crippen molar-refractivity contribution in [2.75, 3.05) is 18.1 Å². The van der Waals surface area contributed by atoms with Crippen molar-refractivity contribution >= 4 is 28.3 Å². The van der Waals surface area contributed by atoms with Crippen molar-refractivity contribution in [3.8, 4) is 0 Å². The highest BCUT2D eigenvalue weighted by molar-refractivity contribution is 6.11. The Morgan fingerprint density at radius 3 is 2.56 bits per heavy atom. The number of carbonyl (C=O) groups excluding carboxylic acids is 2. The maximum Gasteiger partial charge on any atom is 0.243 e. The zero-order valence-corrected chi connectivity index (χ0v) is 20.0. The van der Waals surface area contributed by atoms with E-state index in [1.54, 1.807) is 0 Å². The van der Waals surface area contributed by atoms with Crippen molar-refractivity contribution < 1.29 is 14.7 Å². The Kier molecular flexibility index (Phi) is 6.10. The molecule has 2 atom stereocenters. The van der Waals surface area contributed by atoms with Crippen LogP contribution in [0.5, 0.6) is 0 Å². The number of hydrogen-bond acceptors (Lipinski definition) is 4. The number of aliphatic hydroxyl groups excluding tert-OH is 1. The molecular formula is C26H37N3O3. The fourth-order valence-corrected chi connectivity index (χ4v) is 4.97. The number of H-pyrrole nitrogens is 1. The lowest BCUT2D eigenvalue weighted by Gasteiger charge is -2.36. The van der Waals surface area contributed by atoms with Crippen LogP contribution in [0.4, 0.5) is 5.69 Å². The van der Waals surface area contributed by atoms with Gasteiger partial charge in [0.1, 0.15) is 6.04 Å². The molecule has 1 aliphatic carbocycles. The zero-order chi connectivity index (χ0) is 23.2. The number of ketones is 1. The molecule has 2 aromatic rings. The molecule has 0 unspecified atom stereocenters. The number of carbonyl (C=O) groups is 2. The van der Waals surface area contributed by atoms with Gasteiger partial charge in [-0.05, 0) is 54.2 Å². The lowest BCUT2D eigenvalue weighted by Crippen LogP contribution is -2.53. The molecule has 2 aliphatic rings. The molecule has 1 saturated carbocycles. The van der Waals surface area contributed by atoms with Crippen molar-refractivity contribution in [1.29, 1.82) is 0 Å². The fraction of sp³-hybridized carbons (Fsp3) is 0.615. The second-order valence-electron chi connectivity index (χ2n) is 11.2. The van der Waals surface area contributed by atoms with Crippen LogP contribution in [-0.2, 0) is 11.2 Å². The fourth-order valence-electron chi connectivity index (χ4n) is 4.97. The summed E-state index contributed by atoms with van der Waals surface area (Å²) in [5.74, 6) is 0.790. The van der Waals surface area contributed by atoms with Gasteiger partial charge in [0.25, 0.3) is 0 Å². The van der Waals surface area contributed by atoms with Gasteiger partial charge in [0.2, 0.25) is 5.91 Å². The first-order valence-corrected chi connectivity index (χ1v) is 11.9. The first-order chi connectivity index (χ1) is 15.1. The summed E-state index contributed by atoms with van der Waals surface area (Å²) in [4.78, 5) is 32.2. The molecule has 0 spiro atoms. The predicted octanol–water partition coefficient (Wildman–Crippen LogP) is 4.06. The molecule has 1 amide bonds. The molecule has 1 aromatic carbocycles. The summed E-state index contributed by atoms with van der Waals surface area (Å²) in [7, 11) is 0. The van der Waals surface area contributed by atoms with Gasteiger partial charge in [-0.25, -0.2) is 0 Å². The molecule has 0 radical (unpaired) electrons. The molecule has 1 aliphatic heterocycles. The van der Waals surface area contributed by atoms with Gasteiger partial charge < -0.3 is 20.3 Å². The van der Waals surface area contributed by atoms with Crippen LogP contribution < -0.4 is 10.2 Å². The third-order valence-corrected chi connectivity index (χ3v) is 6.62. The molecule has 6 nitrogen and oxygen atoms in total. The molecule has 1 fully saturated rings. The van der Waals surface area contributed by atoms with Crippen LogP contribution in [0.25, 0.3) is 10.9 Å². The maximum absolute atomic E-state index is 13.3. The topological polar surface area (TPSA) is 85.4 Å². The van der Waals surface area contributed by atoms with E-state index >= 15 is 0 Å². The minimum absolute atomic E-state index is 0.0325. The number of amides is 1. The number of aromatic nitrogens is 1. The highest BCUT2D eigenvalue weighted by atomic mass is 16.3. The summed E-state index contributed by atoms with van der Waals surface area (Å²) in [5.41, 5.74) is 3.50. The third kappa shape index (κ3) is 4.56. The van der Waals surface area contributed by atoms with Gasteiger partial charge in [0.15, 0.2) is 5.78 Å². The van der Waals surface area contributed by atoms with Crippen LogP contribution in [0.3, 0.4) is 0 Å². The van der Waals surface area contributed by atoms with E-state index in [4.69, 9.17) is 0 Å². The second-order valence-corrected chi connectivity index (χ2v) is 11.2. The Morgan fingerprint density at radius 2 is 1.97 bits per heavy atom. The first kappa shape index (κ1) is 22.8. The van der Waals surface area contributed by atoms with Gasteiger partial charge in [-0.3, -0.25) is 9.59 Å². The first-order valence-electron chi connectivity index (χ1n) is 11.9. The molecule has 32 heavy (non-hydrogen) atoms. The number of hydrogen-bond donors (Lipinski definition) is 3. The van der Waals surface area contributed by atoms with Gasteiger partial charge in [0, 0.05) is 35.8 Å². The number of rotatable bonds is 6. The average molecular weight is 440 g/mol. The van der Waals surface area contributed by atoms with Crippen LogP contribution in [0.1, 0.15) is 69.8 Å². The molecule has 0 bridgehead atoms. The summed E-state index contributed by atoms with van der Waals surface area (Å²) in [5, 5.41) is 14.1. The molecule has 6 heteroatoms. The van der Waals surface area contributed by atoms with E-state index in [9.17, 15) is 14.7 Å². The molecule has 4 rings (SSSR count). The lowest BCUT2D eigenvalue weighted by atomic mass is 9.87. The minimum Gasteiger partial charge on any atom is -0.394 e. The maximum atomic E-state index is 13.3. The number of anilines is 1. The van der Waals surface area contributed by atoms with E-state index in [0.717, 1.165) is 28.7 Å². The number of Topliss-reactive ketones (excluding diaryl/α,β-unsaturated/α-hetero) is 1. The standard InChI is InChI=1S/C26H37N3O3/c1-15(2)24-25(32)28-18(14-30)10-17-12-27-23-19(21(31)11-26(3,4)5)8-9-20(22(17)23)29(24)13-16-6-7-16/h8-9,12,15-16,18,24,27,30H,6-7,10-11,13-14H2,1-5H3,(H,28,32)/t18-,24-/m0/s1. The van der Waals surface area contributed by atoms with Crippen LogP contribution in [0.2, 0.25) is 0 Å². The highest BCUT2D eigenvalue weighted by Crippen LogP contribution is 2.40. The van der Waals surface area contributed by atoms with E-state index in [-0.39, 0.29) is 41.7 Å². The van der Waals surface area contributed by atoms with Crippen LogP contribution in [0.15, 0.2) is 18.3 Å². The van der Waals surface area contributed by atoms with Crippen molar-refractivity contribution in [2.45, 2.75) is 72.4 Å². The van der Waals surface area contributed by atoms with Gasteiger partial charge in [-0.15, -0.1) is 0 Å². The van der Waals surface area contributed by atoms with Gasteiger partial charge >= 0.3 is 0 Å². The van der Waals surface area contributed by atoms with Crippen molar-refractivity contribution in [3.05, 3.63) is 29.5 Å². The molecular weight excluding hydrogens is 402 g/mol. The molecule has 0 saturated heterocycles. The van der Waals surface area contributed by atoms with Crippen molar-refractivity contribution in [3.63, 3.8) is 0 Å². The third-order valence-electron chi connectivity index (χ3n) is 6.62. The molecule has 1 aromatic heterocycles. The number of aliphatic hydroxyl groups is 1. The Bertz CT molecular complexity index is 1010. The van der Waals surface area contributed by atoms with Gasteiger partial charge in [0.05, 0.1) is 18.2 Å². The van der Waals surface area contributed by atoms with Gasteiger partial charge in [-0.1, -0.05) is 34.6 Å². The van der Waals surface area contributed by atoms with E-state index in [2.05, 4.69) is 49.8 Å². The second kappa shape index (κ2) is 8.54. The van der Waals surface area contributed by atoms with E-state index in [0.29, 0.717) is 24.3 Å². The summed E-state index contributed by atoms with van der Waals surface area (Å²) in [6, 6.07) is 3.29. The smallest absolute Gasteiger partial charge is 0.243 e. The van der Waals surface area contributed by atoms with E-state index in [1.807, 2.05) is 18.3 Å². The van der Waals surface area contributed by atoms with Crippen LogP contribution in [0, 0.1) is 17.3 Å². The van der Waals surface area contributed by atoms with Gasteiger partial charge in [-0.2, -0.15) is 0 Å². The largest absolute Gasteiger partial charge is 0.394 e. The molecule has 174 valence electrons. The van der Waals surface area contributed by atoms with Crippen LogP contribution >= 0.6 is 0 Å². The zero-order valence-electron chi connectivity index (χ0n) is 20.0. The Morgan fingerprint density at radius 1 is 1.25 bits per heavy atom. The Hall–Kier alpha value is -2.34. The molecule has 3 N–H and O–H groups in total. The number of benzene rings is 1. The summed E-state index contributed by atoms with van der Waals surface area (Å²) in [6.07, 6.45) is 5.31. The number of nitrogens with zero attached hydrogens (tertiary/aromatic N) is 1. The summed E-state index contributed by atoms with van der Waals surface area (Å²) < 4.78 is 0. The van der Waals surface area contributed by atoms with E-state index < -0.39 is 0 Å². The summed E-state index contributed by atoms with van der Waals surface area (Å²) in [6.45, 7) is 11.1. The summed E-state index contributed by atoms with van der Waals surface area (Å²) >= 11 is 0. The quantitative estimate of drug-likeness (QED) is 0.593. The normalized spacial score (nSPS) is 22.0.